The first kappa shape index (κ1) is 16.6. The lowest BCUT2D eigenvalue weighted by Gasteiger charge is -2.05. The van der Waals surface area contributed by atoms with E-state index in [0.717, 1.165) is 11.1 Å². The van der Waals surface area contributed by atoms with Crippen LogP contribution in [0.5, 0.6) is 5.75 Å². The molecule has 0 N–H and O–H groups in total. The standard InChI is InChI=1S/C20H16FNO3/c1-13(2)12-24-15-9-7-14(8-10-15)11-18-20(23)25-19(22-18)16-5-3-4-6-17(16)21/h3-11H,1,12H2,2H3/b18-11-. The SMILES string of the molecule is C=C(C)COc1ccc(/C=C2\N=C(c3ccccc3F)OC2=O)cc1. The van der Waals surface area contributed by atoms with Crippen molar-refractivity contribution in [2.75, 3.05) is 6.61 Å². The maximum Gasteiger partial charge on any atom is 0.363 e. The lowest BCUT2D eigenvalue weighted by atomic mass is 10.2. The summed E-state index contributed by atoms with van der Waals surface area (Å²) in [4.78, 5) is 16.1. The largest absolute Gasteiger partial charge is 0.489 e. The van der Waals surface area contributed by atoms with E-state index in [-0.39, 0.29) is 17.2 Å². The summed E-state index contributed by atoms with van der Waals surface area (Å²) in [5.74, 6) is -0.430. The minimum Gasteiger partial charge on any atom is -0.489 e. The number of carbonyl (C=O) groups is 1. The monoisotopic (exact) mass is 337 g/mol. The molecule has 1 heterocycles. The maximum atomic E-state index is 13.8. The fraction of sp³-hybridized carbons (Fsp3) is 0.100. The summed E-state index contributed by atoms with van der Waals surface area (Å²) < 4.78 is 24.4. The summed E-state index contributed by atoms with van der Waals surface area (Å²) >= 11 is 0. The Morgan fingerprint density at radius 2 is 1.96 bits per heavy atom. The highest BCUT2D eigenvalue weighted by Gasteiger charge is 2.25. The molecule has 0 atom stereocenters. The number of nitrogens with zero attached hydrogens (tertiary/aromatic N) is 1. The number of hydrogen-bond donors (Lipinski definition) is 0. The number of aliphatic imine (C=N–C) groups is 1. The van der Waals surface area contributed by atoms with Crippen molar-refractivity contribution < 1.29 is 18.7 Å². The van der Waals surface area contributed by atoms with Gasteiger partial charge in [0.05, 0.1) is 5.56 Å². The third-order valence-electron chi connectivity index (χ3n) is 3.39. The number of benzene rings is 2. The van der Waals surface area contributed by atoms with E-state index in [1.807, 2.05) is 6.92 Å². The maximum absolute atomic E-state index is 13.8. The highest BCUT2D eigenvalue weighted by molar-refractivity contribution is 6.12. The third-order valence-corrected chi connectivity index (χ3v) is 3.39. The number of halogens is 1. The zero-order valence-corrected chi connectivity index (χ0v) is 13.7. The average molecular weight is 337 g/mol. The molecule has 0 saturated heterocycles. The van der Waals surface area contributed by atoms with Crippen LogP contribution in [0, 0.1) is 5.82 Å². The van der Waals surface area contributed by atoms with Gasteiger partial charge in [-0.25, -0.2) is 14.2 Å². The zero-order chi connectivity index (χ0) is 17.8. The Morgan fingerprint density at radius 3 is 2.64 bits per heavy atom. The molecule has 4 nitrogen and oxygen atoms in total. The Balaban J connectivity index is 1.80. The normalized spacial score (nSPS) is 15.0. The van der Waals surface area contributed by atoms with Crippen LogP contribution >= 0.6 is 0 Å². The molecule has 0 saturated carbocycles. The Labute approximate surface area is 144 Å². The van der Waals surface area contributed by atoms with Gasteiger partial charge in [-0.3, -0.25) is 0 Å². The van der Waals surface area contributed by atoms with Gasteiger partial charge in [-0.05, 0) is 48.4 Å². The summed E-state index contributed by atoms with van der Waals surface area (Å²) in [6, 6.07) is 13.2. The summed E-state index contributed by atoms with van der Waals surface area (Å²) in [6.45, 7) is 6.11. The van der Waals surface area contributed by atoms with Gasteiger partial charge in [0, 0.05) is 0 Å². The minimum atomic E-state index is -0.610. The number of cyclic esters (lactones) is 1. The highest BCUT2D eigenvalue weighted by Crippen LogP contribution is 2.21. The Kier molecular flexibility index (Phi) is 4.75. The predicted molar refractivity (Wildman–Crippen MR) is 93.8 cm³/mol. The van der Waals surface area contributed by atoms with E-state index in [0.29, 0.717) is 12.4 Å². The average Bonchev–Trinajstić information content (AvgIpc) is 2.95. The van der Waals surface area contributed by atoms with Gasteiger partial charge in [0.15, 0.2) is 5.70 Å². The number of ether oxygens (including phenoxy) is 2. The molecule has 25 heavy (non-hydrogen) atoms. The summed E-state index contributed by atoms with van der Waals surface area (Å²) in [5, 5.41) is 0. The van der Waals surface area contributed by atoms with Crippen molar-refractivity contribution in [3.63, 3.8) is 0 Å². The van der Waals surface area contributed by atoms with Crippen LogP contribution in [0.25, 0.3) is 6.08 Å². The fourth-order valence-corrected chi connectivity index (χ4v) is 2.18. The molecule has 0 spiro atoms. The van der Waals surface area contributed by atoms with Crippen molar-refractivity contribution in [2.45, 2.75) is 6.92 Å². The topological polar surface area (TPSA) is 47.9 Å². The minimum absolute atomic E-state index is 0.0317. The molecule has 0 aliphatic carbocycles. The number of hydrogen-bond acceptors (Lipinski definition) is 4. The zero-order valence-electron chi connectivity index (χ0n) is 13.7. The molecule has 2 aromatic carbocycles. The van der Waals surface area contributed by atoms with E-state index < -0.39 is 11.8 Å². The third kappa shape index (κ3) is 4.01. The van der Waals surface area contributed by atoms with Crippen LogP contribution in [0.1, 0.15) is 18.1 Å². The van der Waals surface area contributed by atoms with E-state index in [1.54, 1.807) is 42.5 Å². The first-order valence-electron chi connectivity index (χ1n) is 7.67. The van der Waals surface area contributed by atoms with Crippen LogP contribution in [0.4, 0.5) is 4.39 Å². The summed E-state index contributed by atoms with van der Waals surface area (Å²) in [7, 11) is 0. The smallest absolute Gasteiger partial charge is 0.363 e. The molecule has 0 fully saturated rings. The molecule has 0 aromatic heterocycles. The molecule has 126 valence electrons. The number of carbonyl (C=O) groups excluding carboxylic acids is 1. The van der Waals surface area contributed by atoms with Crippen LogP contribution < -0.4 is 4.74 Å². The van der Waals surface area contributed by atoms with Crippen LogP contribution in [-0.2, 0) is 9.53 Å². The lowest BCUT2D eigenvalue weighted by molar-refractivity contribution is -0.129. The fourth-order valence-electron chi connectivity index (χ4n) is 2.18. The lowest BCUT2D eigenvalue weighted by Crippen LogP contribution is -2.07. The van der Waals surface area contributed by atoms with Crippen molar-refractivity contribution in [2.24, 2.45) is 4.99 Å². The van der Waals surface area contributed by atoms with Gasteiger partial charge in [0.25, 0.3) is 0 Å². The van der Waals surface area contributed by atoms with Crippen LogP contribution in [0.2, 0.25) is 0 Å². The molecule has 2 aromatic rings. The molecule has 1 aliphatic rings. The van der Waals surface area contributed by atoms with Gasteiger partial charge in [0.2, 0.25) is 5.90 Å². The molecular weight excluding hydrogens is 321 g/mol. The van der Waals surface area contributed by atoms with E-state index in [1.165, 1.54) is 12.1 Å². The second-order valence-corrected chi connectivity index (χ2v) is 5.63. The van der Waals surface area contributed by atoms with E-state index in [9.17, 15) is 9.18 Å². The Bertz CT molecular complexity index is 882. The van der Waals surface area contributed by atoms with E-state index in [2.05, 4.69) is 11.6 Å². The van der Waals surface area contributed by atoms with Crippen LogP contribution in [-0.4, -0.2) is 18.5 Å². The van der Waals surface area contributed by atoms with Gasteiger partial charge in [-0.15, -0.1) is 0 Å². The molecule has 0 radical (unpaired) electrons. The van der Waals surface area contributed by atoms with Crippen molar-refractivity contribution >= 4 is 17.9 Å². The quantitative estimate of drug-likeness (QED) is 0.468. The second kappa shape index (κ2) is 7.13. The Hall–Kier alpha value is -3.21. The second-order valence-electron chi connectivity index (χ2n) is 5.63. The molecule has 0 amide bonds. The van der Waals surface area contributed by atoms with Gasteiger partial charge in [0.1, 0.15) is 18.2 Å². The van der Waals surface area contributed by atoms with Gasteiger partial charge >= 0.3 is 5.97 Å². The molecule has 1 aliphatic heterocycles. The van der Waals surface area contributed by atoms with Crippen LogP contribution in [0.3, 0.4) is 0 Å². The van der Waals surface area contributed by atoms with Crippen molar-refractivity contribution in [1.29, 1.82) is 0 Å². The predicted octanol–water partition coefficient (Wildman–Crippen LogP) is 4.13. The summed E-state index contributed by atoms with van der Waals surface area (Å²) in [6.07, 6.45) is 1.58. The molecule has 0 bridgehead atoms. The van der Waals surface area contributed by atoms with Crippen molar-refractivity contribution in [3.8, 4) is 5.75 Å². The van der Waals surface area contributed by atoms with Crippen molar-refractivity contribution in [1.82, 2.24) is 0 Å². The molecule has 3 rings (SSSR count). The first-order valence-corrected chi connectivity index (χ1v) is 7.67. The van der Waals surface area contributed by atoms with Crippen LogP contribution in [0.15, 0.2) is 71.4 Å². The van der Waals surface area contributed by atoms with E-state index in [4.69, 9.17) is 9.47 Å². The van der Waals surface area contributed by atoms with Crippen molar-refractivity contribution in [3.05, 3.63) is 83.3 Å². The van der Waals surface area contributed by atoms with Gasteiger partial charge in [-0.2, -0.15) is 0 Å². The van der Waals surface area contributed by atoms with Gasteiger partial charge in [-0.1, -0.05) is 30.8 Å². The first-order chi connectivity index (χ1) is 12.0. The van der Waals surface area contributed by atoms with E-state index >= 15 is 0 Å². The number of esters is 1. The van der Waals surface area contributed by atoms with Gasteiger partial charge < -0.3 is 9.47 Å². The molecule has 0 unspecified atom stereocenters. The molecule has 5 heteroatoms. The highest BCUT2D eigenvalue weighted by atomic mass is 19.1. The Morgan fingerprint density at radius 1 is 1.24 bits per heavy atom. The summed E-state index contributed by atoms with van der Waals surface area (Å²) in [5.41, 5.74) is 1.96. The molecular formula is C20H16FNO3. The number of rotatable bonds is 5.